The molecule has 0 spiro atoms. The standard InChI is InChI=1S/C82H137N5O60/c1-18-40(102)51(113)57(119)76(127-18)144-67-39(87-23(6)101)75(136-32(15-96)66(67)143-79-60(122)54(116)43(105)26(9-90)131-79)146-69-56(118)45(107)33(16-125-72-36(84-20(3)98)48(110)63(29(12-93)133-72)140-77-58(120)52(114)41(103)24(7-88)129-77)138-81(69)126-17-34-46(108)68(61(123)80(137-34)142-65-31(14-95)134-73(37(49(65)111)85-21(4)99)139-62-28(11-92)128-71(124)35(47(62)109)83-19(2)97)145-82-70(55(117)44(106)27(10-91)132-82)147-74-38(86-22(5)100)50(112)64(30(13-94)135-74)141-78-59(121)53(115)42(104)25(8-89)130-78/h18,24-82,88-96,102-124H,7-17H2,1-6H3,(H,83,97)(H,84,98)(H,85,99)(H,86,100)(H,87,101)/t18-,24+,25+,26+,27+,28+,29+,30+,31+,32+,33+,34+,35+,36+,37+,38+,39+,40+,41-,42-,43-,44+,45+,46+,47+,48+,49+,50+,51+,52-,53-,54-,55-,56-,57-,58+,59+,60+,61-,62+,63+,64+,65+,66+,67+,68-,69-,70-,71?,72+,73-,74-,75-,76-,77-,78-,79-,80-,81-,82+/m0/s1. The first-order valence-corrected chi connectivity index (χ1v) is 47.0. The normalized spacial score (nSPS) is 49.6. The molecule has 12 aliphatic heterocycles. The maximum atomic E-state index is 13.8. The Hall–Kier alpha value is -4.85. The van der Waals surface area contributed by atoms with E-state index in [1.807, 2.05) is 0 Å². The first-order valence-electron chi connectivity index (χ1n) is 47.0. The number of carbonyl (C=O) groups is 5. The van der Waals surface area contributed by atoms with Gasteiger partial charge in [0.2, 0.25) is 29.5 Å². The molecule has 60 atom stereocenters. The molecule has 1 unspecified atom stereocenters. The van der Waals surface area contributed by atoms with Crippen molar-refractivity contribution in [3.05, 3.63) is 0 Å². The van der Waals surface area contributed by atoms with Crippen molar-refractivity contribution in [2.75, 3.05) is 72.7 Å². The molecule has 0 aromatic rings. The summed E-state index contributed by atoms with van der Waals surface area (Å²) >= 11 is 0. The molecule has 12 saturated heterocycles. The molecule has 0 saturated carbocycles. The van der Waals surface area contributed by atoms with Gasteiger partial charge in [0.15, 0.2) is 75.5 Å². The number of hydrogen-bond acceptors (Lipinski definition) is 60. The van der Waals surface area contributed by atoms with Crippen molar-refractivity contribution in [2.45, 2.75) is 410 Å². The van der Waals surface area contributed by atoms with Gasteiger partial charge in [-0.3, -0.25) is 24.0 Å². The highest BCUT2D eigenvalue weighted by atomic mass is 16.8. The summed E-state index contributed by atoms with van der Waals surface area (Å²) < 4.78 is 139. The summed E-state index contributed by atoms with van der Waals surface area (Å²) in [6.45, 7) is -7.33. The van der Waals surface area contributed by atoms with E-state index in [0.29, 0.717) is 0 Å². The fourth-order valence-corrected chi connectivity index (χ4v) is 19.2. The Balaban J connectivity index is 0.941. The zero-order valence-corrected chi connectivity index (χ0v) is 79.2. The summed E-state index contributed by atoms with van der Waals surface area (Å²) in [6, 6.07) is -9.93. The van der Waals surface area contributed by atoms with Crippen LogP contribution in [0.3, 0.4) is 0 Å². The molecule has 12 heterocycles. The maximum Gasteiger partial charge on any atom is 0.217 e. The van der Waals surface area contributed by atoms with Crippen LogP contribution in [0.5, 0.6) is 0 Å². The third-order valence-electron chi connectivity index (χ3n) is 27.0. The van der Waals surface area contributed by atoms with Crippen molar-refractivity contribution in [1.82, 2.24) is 26.6 Å². The minimum Gasteiger partial charge on any atom is -0.394 e. The molecule has 12 aliphatic rings. The second-order valence-electron chi connectivity index (χ2n) is 37.3. The van der Waals surface area contributed by atoms with E-state index >= 15 is 0 Å². The van der Waals surface area contributed by atoms with Gasteiger partial charge in [0.1, 0.15) is 287 Å². The van der Waals surface area contributed by atoms with Gasteiger partial charge < -0.3 is 299 Å². The van der Waals surface area contributed by atoms with Crippen LogP contribution < -0.4 is 26.6 Å². The topological polar surface area (TPSA) is 1010 Å². The largest absolute Gasteiger partial charge is 0.394 e. The summed E-state index contributed by atoms with van der Waals surface area (Å²) in [4.78, 5) is 65.8. The van der Waals surface area contributed by atoms with Crippen LogP contribution >= 0.6 is 0 Å². The molecular formula is C82H137N5O60. The number of aliphatic hydroxyl groups excluding tert-OH is 32. The zero-order chi connectivity index (χ0) is 108. The summed E-state index contributed by atoms with van der Waals surface area (Å²) in [6.07, 6.45) is -120. The molecule has 12 fully saturated rings. The average Bonchev–Trinajstić information content (AvgIpc) is 0.753. The fraction of sp³-hybridized carbons (Fsp3) is 0.939. The van der Waals surface area contributed by atoms with Gasteiger partial charge in [-0.1, -0.05) is 0 Å². The molecule has 0 aromatic carbocycles. The van der Waals surface area contributed by atoms with Crippen LogP contribution in [0.25, 0.3) is 0 Å². The Morgan fingerprint density at radius 2 is 0.429 bits per heavy atom. The second-order valence-corrected chi connectivity index (χ2v) is 37.3. The molecule has 147 heavy (non-hydrogen) atoms. The lowest BCUT2D eigenvalue weighted by molar-refractivity contribution is -0.401. The predicted molar refractivity (Wildman–Crippen MR) is 452 cm³/mol. The molecule has 0 aromatic heterocycles. The van der Waals surface area contributed by atoms with E-state index in [0.717, 1.165) is 34.6 Å². The molecule has 5 amide bonds. The van der Waals surface area contributed by atoms with E-state index in [1.165, 1.54) is 6.92 Å². The molecule has 850 valence electrons. The molecule has 65 nitrogen and oxygen atoms in total. The maximum absolute atomic E-state index is 13.8. The van der Waals surface area contributed by atoms with Gasteiger partial charge in [0.25, 0.3) is 0 Å². The highest BCUT2D eigenvalue weighted by Gasteiger charge is 2.64. The molecule has 12 rings (SSSR count). The van der Waals surface area contributed by atoms with Gasteiger partial charge in [0, 0.05) is 34.6 Å². The van der Waals surface area contributed by atoms with Crippen molar-refractivity contribution >= 4 is 29.5 Å². The molecule has 0 aliphatic carbocycles. The van der Waals surface area contributed by atoms with Crippen LogP contribution in [0.2, 0.25) is 0 Å². The quantitative estimate of drug-likeness (QED) is 0.0273. The van der Waals surface area contributed by atoms with Crippen LogP contribution in [0, 0.1) is 0 Å². The number of carbonyl (C=O) groups excluding carboxylic acids is 5. The van der Waals surface area contributed by atoms with Gasteiger partial charge in [0.05, 0.1) is 78.8 Å². The Bertz CT molecular complexity index is 4110. The third kappa shape index (κ3) is 26.8. The van der Waals surface area contributed by atoms with E-state index in [2.05, 4.69) is 26.6 Å². The smallest absolute Gasteiger partial charge is 0.217 e. The van der Waals surface area contributed by atoms with Crippen molar-refractivity contribution in [3.63, 3.8) is 0 Å². The summed E-state index contributed by atoms with van der Waals surface area (Å²) in [5.74, 6) is -4.95. The molecule has 37 N–H and O–H groups in total. The van der Waals surface area contributed by atoms with Crippen LogP contribution in [0.1, 0.15) is 41.5 Å². The number of nitrogens with one attached hydrogen (secondary N) is 5. The lowest BCUT2D eigenvalue weighted by Crippen LogP contribution is -2.71. The van der Waals surface area contributed by atoms with Crippen molar-refractivity contribution < 1.29 is 296 Å². The van der Waals surface area contributed by atoms with E-state index < -0.39 is 470 Å². The van der Waals surface area contributed by atoms with E-state index in [4.69, 9.17) is 109 Å². The van der Waals surface area contributed by atoms with Gasteiger partial charge in [-0.05, 0) is 6.92 Å². The van der Waals surface area contributed by atoms with Gasteiger partial charge in [-0.15, -0.1) is 0 Å². The molecule has 65 heteroatoms. The molecule has 0 radical (unpaired) electrons. The van der Waals surface area contributed by atoms with Crippen LogP contribution in [0.4, 0.5) is 0 Å². The average molecular weight is 2150 g/mol. The summed E-state index contributed by atoms with van der Waals surface area (Å²) in [7, 11) is 0. The molecular weight excluding hydrogens is 2010 g/mol. The number of ether oxygens (including phenoxy) is 23. The van der Waals surface area contributed by atoms with E-state index in [-0.39, 0.29) is 0 Å². The van der Waals surface area contributed by atoms with Crippen molar-refractivity contribution in [1.29, 1.82) is 0 Å². The number of rotatable bonds is 38. The number of amides is 5. The number of aliphatic hydroxyl groups is 32. The highest BCUT2D eigenvalue weighted by Crippen LogP contribution is 2.43. The summed E-state index contributed by atoms with van der Waals surface area (Å²) in [5.41, 5.74) is 0. The predicted octanol–water partition coefficient (Wildman–Crippen LogP) is -25.4. The first-order chi connectivity index (χ1) is 69.5. The van der Waals surface area contributed by atoms with Crippen LogP contribution in [-0.4, -0.2) is 634 Å². The Labute approximate surface area is 832 Å². The van der Waals surface area contributed by atoms with E-state index in [1.54, 1.807) is 0 Å². The zero-order valence-electron chi connectivity index (χ0n) is 79.2. The third-order valence-corrected chi connectivity index (χ3v) is 27.0. The highest BCUT2D eigenvalue weighted by molar-refractivity contribution is 5.75. The Morgan fingerprint density at radius 1 is 0.190 bits per heavy atom. The monoisotopic (exact) mass is 2150 g/mol. The van der Waals surface area contributed by atoms with Crippen molar-refractivity contribution in [3.8, 4) is 0 Å². The Kier molecular flexibility index (Phi) is 43.4. The second kappa shape index (κ2) is 52.8. The van der Waals surface area contributed by atoms with Crippen LogP contribution in [-0.2, 0) is 133 Å². The van der Waals surface area contributed by atoms with Crippen molar-refractivity contribution in [2.24, 2.45) is 0 Å². The lowest BCUT2D eigenvalue weighted by atomic mass is 9.93. The van der Waals surface area contributed by atoms with Crippen LogP contribution in [0.15, 0.2) is 0 Å². The number of hydrogen-bond donors (Lipinski definition) is 37. The minimum absolute atomic E-state index is 0.841. The summed E-state index contributed by atoms with van der Waals surface area (Å²) in [5, 5.41) is 374. The lowest BCUT2D eigenvalue weighted by Gasteiger charge is -2.52. The SMILES string of the molecule is CC(=O)N[C@H]1[C@H](O[C@H]2[C@H](O)[C@@H](NC(C)=O)C(O)O[C@@H]2CO)O[C@H](CO)[C@@H](O[C@@H]2O[C@H](CO[C@H]3O[C@H](CO[C@@H]4O[C@H](CO)[C@@H](O[C@@H]5O[C@H](CO)[C@H](O)[C@H](O)[C@H]5O)[C@H](O)[C@H]4NC(C)=O)[C@@H](O)[C@H](O)[C@@H]3O[C@@H]3O[C@H](CO)[C@@H](O[C@@H]4O[C@H](CO)[C@H](O)[C@H](O)[C@H]4O)[C@H](O[C@@H]4O[C@@H](C)[C@@H](O)[C@@H](O)[C@@H]4O)[C@H]3NC(C)=O)[C@@H](O)[C@H](O[C@H]3O[C@H](CO)[C@@H](O)[C@H](O)[C@@H]3O[C@@H]3O[C@H](CO)[C@@H](O[C@@H]4O[C@H](CO)[C@H](O)[C@H](O)[C@H]4O)[C@H](O)[C@H]3NC(C)=O)[C@@H]2O)[C@@H]1O. The van der Waals surface area contributed by atoms with Gasteiger partial charge >= 0.3 is 0 Å². The molecule has 0 bridgehead atoms. The minimum atomic E-state index is -2.75. The van der Waals surface area contributed by atoms with E-state index in [9.17, 15) is 187 Å². The first kappa shape index (κ1) is 121. The van der Waals surface area contributed by atoms with Gasteiger partial charge in [-0.2, -0.15) is 0 Å². The Morgan fingerprint density at radius 3 is 0.823 bits per heavy atom. The fourth-order valence-electron chi connectivity index (χ4n) is 19.2. The van der Waals surface area contributed by atoms with Gasteiger partial charge in [-0.25, -0.2) is 0 Å².